The molecule has 0 amide bonds. The lowest BCUT2D eigenvalue weighted by atomic mass is 9.87. The number of nitrogens with one attached hydrogen (secondary N) is 1. The number of carbonyl (C=O) groups is 1. The second-order valence-corrected chi connectivity index (χ2v) is 8.79. The second kappa shape index (κ2) is 10.2. The van der Waals surface area contributed by atoms with Crippen molar-refractivity contribution < 1.29 is 23.7 Å². The van der Waals surface area contributed by atoms with Crippen LogP contribution in [0.3, 0.4) is 0 Å². The molecule has 0 radical (unpaired) electrons. The molecule has 1 N–H and O–H groups in total. The smallest absolute Gasteiger partial charge is 0.338 e. The van der Waals surface area contributed by atoms with Gasteiger partial charge in [-0.3, -0.25) is 0 Å². The highest BCUT2D eigenvalue weighted by Gasteiger charge is 2.47. The predicted octanol–water partition coefficient (Wildman–Crippen LogP) is 5.43. The molecular weight excluding hydrogens is 430 g/mol. The molecule has 6 nitrogen and oxygen atoms in total. The average molecular weight is 462 g/mol. The molecule has 0 saturated carbocycles. The van der Waals surface area contributed by atoms with Crippen molar-refractivity contribution in [2.24, 2.45) is 0 Å². The number of esters is 1. The summed E-state index contributed by atoms with van der Waals surface area (Å²) in [6, 6.07) is 22.9. The fourth-order valence-corrected chi connectivity index (χ4v) is 4.13. The molecule has 2 atom stereocenters. The minimum atomic E-state index is -0.798. The Morgan fingerprint density at radius 1 is 1.03 bits per heavy atom. The van der Waals surface area contributed by atoms with Gasteiger partial charge in [0.05, 0.1) is 19.3 Å². The number of ether oxygens (including phenoxy) is 4. The third-order valence-electron chi connectivity index (χ3n) is 6.03. The first-order chi connectivity index (χ1) is 16.4. The summed E-state index contributed by atoms with van der Waals surface area (Å²) in [4.78, 5) is 13.1. The van der Waals surface area contributed by atoms with E-state index in [1.807, 2.05) is 57.3 Å². The fourth-order valence-electron chi connectivity index (χ4n) is 4.13. The van der Waals surface area contributed by atoms with Crippen molar-refractivity contribution in [3.63, 3.8) is 0 Å². The van der Waals surface area contributed by atoms with Gasteiger partial charge in [-0.25, -0.2) is 4.79 Å². The van der Waals surface area contributed by atoms with Gasteiger partial charge in [0.2, 0.25) is 0 Å². The summed E-state index contributed by atoms with van der Waals surface area (Å²) < 4.78 is 24.0. The Morgan fingerprint density at radius 2 is 1.76 bits per heavy atom. The molecule has 0 bridgehead atoms. The monoisotopic (exact) mass is 461 g/mol. The molecule has 34 heavy (non-hydrogen) atoms. The first-order valence-corrected chi connectivity index (χ1v) is 11.4. The van der Waals surface area contributed by atoms with Crippen molar-refractivity contribution in [2.75, 3.05) is 26.1 Å². The predicted molar refractivity (Wildman–Crippen MR) is 132 cm³/mol. The van der Waals surface area contributed by atoms with Gasteiger partial charge in [-0.15, -0.1) is 0 Å². The highest BCUT2D eigenvalue weighted by atomic mass is 16.6. The molecule has 3 aromatic rings. The Labute approximate surface area is 200 Å². The average Bonchev–Trinajstić information content (AvgIpc) is 2.86. The number of carbonyl (C=O) groups excluding carboxylic acids is 1. The van der Waals surface area contributed by atoms with Gasteiger partial charge >= 0.3 is 5.97 Å². The zero-order chi connectivity index (χ0) is 24.1. The normalized spacial score (nSPS) is 18.4. The minimum Gasteiger partial charge on any atom is -0.497 e. The Hall–Kier alpha value is -3.51. The van der Waals surface area contributed by atoms with E-state index in [1.165, 1.54) is 5.56 Å². The molecule has 1 aliphatic rings. The van der Waals surface area contributed by atoms with Gasteiger partial charge in [-0.05, 0) is 68.3 Å². The number of fused-ring (bicyclic) bond motifs is 1. The molecule has 0 aromatic heterocycles. The molecule has 0 aliphatic carbocycles. The van der Waals surface area contributed by atoms with Gasteiger partial charge in [0.1, 0.15) is 23.2 Å². The number of rotatable bonds is 8. The third-order valence-corrected chi connectivity index (χ3v) is 6.03. The van der Waals surface area contributed by atoms with Crippen LogP contribution >= 0.6 is 0 Å². The van der Waals surface area contributed by atoms with Crippen molar-refractivity contribution >= 4 is 11.7 Å². The lowest BCUT2D eigenvalue weighted by Gasteiger charge is -2.43. The van der Waals surface area contributed by atoms with E-state index < -0.39 is 23.8 Å². The summed E-state index contributed by atoms with van der Waals surface area (Å²) in [6.07, 6.45) is -0.394. The number of hydrogen-bond acceptors (Lipinski definition) is 6. The van der Waals surface area contributed by atoms with Crippen LogP contribution in [0.5, 0.6) is 11.5 Å². The Balaban J connectivity index is 1.61. The molecule has 1 aliphatic heterocycles. The van der Waals surface area contributed by atoms with E-state index in [1.54, 1.807) is 31.4 Å². The quantitative estimate of drug-likeness (QED) is 0.451. The van der Waals surface area contributed by atoms with E-state index in [4.69, 9.17) is 18.9 Å². The van der Waals surface area contributed by atoms with Crippen LogP contribution in [0.25, 0.3) is 0 Å². The van der Waals surface area contributed by atoms with Gasteiger partial charge in [-0.2, -0.15) is 0 Å². The molecule has 0 spiro atoms. The standard InChI is InChI=1S/C28H31NO5/c1-28(2)26(33-27(30)20-10-13-22(31-4)14-11-20)25(32-17-16-19-8-6-5-7-9-19)23-18-21(29-3)12-15-24(23)34-28/h5-15,18,25-26,29H,16-17H2,1-4H3. The van der Waals surface area contributed by atoms with E-state index in [2.05, 4.69) is 17.4 Å². The van der Waals surface area contributed by atoms with Gasteiger partial charge in [0.15, 0.2) is 6.10 Å². The topological polar surface area (TPSA) is 66.0 Å². The number of hydrogen-bond donors (Lipinski definition) is 1. The van der Waals surface area contributed by atoms with Gasteiger partial charge in [0.25, 0.3) is 0 Å². The maximum absolute atomic E-state index is 13.1. The van der Waals surface area contributed by atoms with Crippen LogP contribution in [0.2, 0.25) is 0 Å². The molecule has 178 valence electrons. The molecular formula is C28H31NO5. The van der Waals surface area contributed by atoms with Gasteiger partial charge in [0, 0.05) is 18.3 Å². The van der Waals surface area contributed by atoms with Crippen LogP contribution in [0, 0.1) is 0 Å². The molecule has 3 aromatic carbocycles. The van der Waals surface area contributed by atoms with Gasteiger partial charge < -0.3 is 24.3 Å². The molecule has 0 saturated heterocycles. The third kappa shape index (κ3) is 5.18. The first-order valence-electron chi connectivity index (χ1n) is 11.4. The number of benzene rings is 3. The summed E-state index contributed by atoms with van der Waals surface area (Å²) in [7, 11) is 3.45. The zero-order valence-electron chi connectivity index (χ0n) is 20.0. The summed E-state index contributed by atoms with van der Waals surface area (Å²) in [5, 5.41) is 3.16. The van der Waals surface area contributed by atoms with Crippen molar-refractivity contribution in [1.82, 2.24) is 0 Å². The van der Waals surface area contributed by atoms with E-state index in [-0.39, 0.29) is 0 Å². The molecule has 1 heterocycles. The van der Waals surface area contributed by atoms with Crippen molar-refractivity contribution in [1.29, 1.82) is 0 Å². The molecule has 6 heteroatoms. The van der Waals surface area contributed by atoms with Crippen LogP contribution < -0.4 is 14.8 Å². The largest absolute Gasteiger partial charge is 0.497 e. The van der Waals surface area contributed by atoms with Crippen molar-refractivity contribution in [3.8, 4) is 11.5 Å². The summed E-state index contributed by atoms with van der Waals surface area (Å²) in [6.45, 7) is 4.31. The van der Waals surface area contributed by atoms with Crippen molar-refractivity contribution in [3.05, 3.63) is 89.5 Å². The highest BCUT2D eigenvalue weighted by Crippen LogP contribution is 2.44. The molecule has 0 fully saturated rings. The maximum atomic E-state index is 13.1. The van der Waals surface area contributed by atoms with E-state index in [0.717, 1.165) is 23.4 Å². The molecule has 4 rings (SSSR count). The number of anilines is 1. The van der Waals surface area contributed by atoms with E-state index in [9.17, 15) is 4.79 Å². The first kappa shape index (κ1) is 23.6. The Bertz CT molecular complexity index is 1110. The SMILES string of the molecule is CNc1ccc2c(c1)C(OCCc1ccccc1)C(OC(=O)c1ccc(OC)cc1)C(C)(C)O2. The van der Waals surface area contributed by atoms with Gasteiger partial charge in [-0.1, -0.05) is 30.3 Å². The van der Waals surface area contributed by atoms with Crippen LogP contribution in [0.4, 0.5) is 5.69 Å². The Morgan fingerprint density at radius 3 is 2.44 bits per heavy atom. The number of methoxy groups -OCH3 is 1. The van der Waals surface area contributed by atoms with Crippen LogP contribution in [-0.2, 0) is 15.9 Å². The fraction of sp³-hybridized carbons (Fsp3) is 0.321. The van der Waals surface area contributed by atoms with Crippen LogP contribution in [0.1, 0.15) is 41.4 Å². The zero-order valence-corrected chi connectivity index (χ0v) is 20.0. The lowest BCUT2D eigenvalue weighted by molar-refractivity contribution is -0.139. The minimum absolute atomic E-state index is 0.436. The molecule has 2 unspecified atom stereocenters. The highest BCUT2D eigenvalue weighted by molar-refractivity contribution is 5.89. The van der Waals surface area contributed by atoms with E-state index >= 15 is 0 Å². The van der Waals surface area contributed by atoms with Crippen molar-refractivity contribution in [2.45, 2.75) is 38.1 Å². The summed E-state index contributed by atoms with van der Waals surface area (Å²) in [5.74, 6) is 0.966. The lowest BCUT2D eigenvalue weighted by Crippen LogP contribution is -2.51. The summed E-state index contributed by atoms with van der Waals surface area (Å²) >= 11 is 0. The van der Waals surface area contributed by atoms with E-state index in [0.29, 0.717) is 17.9 Å². The Kier molecular flexibility index (Phi) is 7.08. The maximum Gasteiger partial charge on any atom is 0.338 e. The van der Waals surface area contributed by atoms with Crippen LogP contribution in [-0.4, -0.2) is 38.4 Å². The van der Waals surface area contributed by atoms with Crippen LogP contribution in [0.15, 0.2) is 72.8 Å². The summed E-state index contributed by atoms with van der Waals surface area (Å²) in [5.41, 5.74) is 2.61. The second-order valence-electron chi connectivity index (χ2n) is 8.79.